The van der Waals surface area contributed by atoms with Gasteiger partial charge in [0.1, 0.15) is 17.8 Å². The lowest BCUT2D eigenvalue weighted by Crippen LogP contribution is -1.92. The Labute approximate surface area is 109 Å². The highest BCUT2D eigenvalue weighted by molar-refractivity contribution is 7.71. The molecule has 0 radical (unpaired) electrons. The van der Waals surface area contributed by atoms with Crippen molar-refractivity contribution < 1.29 is 9.47 Å². The first-order chi connectivity index (χ1) is 8.72. The highest BCUT2D eigenvalue weighted by Crippen LogP contribution is 2.21. The smallest absolute Gasteiger partial charge is 0.216 e. The van der Waals surface area contributed by atoms with E-state index in [-0.39, 0.29) is 0 Å². The number of benzene rings is 1. The van der Waals surface area contributed by atoms with Gasteiger partial charge in [-0.05, 0) is 24.4 Å². The van der Waals surface area contributed by atoms with Crippen LogP contribution in [0, 0.1) is 4.77 Å². The highest BCUT2D eigenvalue weighted by atomic mass is 32.1. The van der Waals surface area contributed by atoms with Crippen molar-refractivity contribution in [3.05, 3.63) is 34.9 Å². The Morgan fingerprint density at radius 3 is 2.44 bits per heavy atom. The van der Waals surface area contributed by atoms with E-state index in [0.29, 0.717) is 16.3 Å². The number of H-pyrrole nitrogens is 1. The molecule has 0 saturated carbocycles. The lowest BCUT2D eigenvalue weighted by atomic mass is 10.2. The van der Waals surface area contributed by atoms with Crippen molar-refractivity contribution in [3.8, 4) is 11.5 Å². The summed E-state index contributed by atoms with van der Waals surface area (Å²) in [4.78, 5) is 0. The van der Waals surface area contributed by atoms with Crippen molar-refractivity contribution >= 4 is 18.4 Å². The van der Waals surface area contributed by atoms with Gasteiger partial charge in [0.25, 0.3) is 0 Å². The van der Waals surface area contributed by atoms with Crippen LogP contribution in [0.1, 0.15) is 5.56 Å². The van der Waals surface area contributed by atoms with Crippen molar-refractivity contribution in [2.24, 2.45) is 5.10 Å². The van der Waals surface area contributed by atoms with E-state index < -0.39 is 0 Å². The van der Waals surface area contributed by atoms with Crippen LogP contribution in [0.25, 0.3) is 0 Å². The standard InChI is InChI=1S/C11H12N4O2S/c1-16-9-3-8(4-10(5-9)17-2)6-13-15-7-12-14-11(15)18/h3-7H,1-2H3,(H,14,18). The van der Waals surface area contributed by atoms with Gasteiger partial charge in [-0.1, -0.05) is 0 Å². The molecule has 2 rings (SSSR count). The van der Waals surface area contributed by atoms with Crippen LogP contribution in [0.4, 0.5) is 0 Å². The van der Waals surface area contributed by atoms with Gasteiger partial charge < -0.3 is 9.47 Å². The van der Waals surface area contributed by atoms with Crippen molar-refractivity contribution in [3.63, 3.8) is 0 Å². The summed E-state index contributed by atoms with van der Waals surface area (Å²) in [5.41, 5.74) is 0.842. The minimum absolute atomic E-state index is 0.432. The van der Waals surface area contributed by atoms with Crippen LogP contribution in [0.5, 0.6) is 11.5 Å². The van der Waals surface area contributed by atoms with Crippen molar-refractivity contribution in [2.75, 3.05) is 14.2 Å². The summed E-state index contributed by atoms with van der Waals surface area (Å²) in [7, 11) is 3.20. The molecule has 0 fully saturated rings. The second-order valence-electron chi connectivity index (χ2n) is 3.40. The summed E-state index contributed by atoms with van der Waals surface area (Å²) in [6.07, 6.45) is 3.15. The predicted molar refractivity (Wildman–Crippen MR) is 69.9 cm³/mol. The van der Waals surface area contributed by atoms with Crippen LogP contribution in [0.15, 0.2) is 29.6 Å². The Morgan fingerprint density at radius 1 is 1.28 bits per heavy atom. The van der Waals surface area contributed by atoms with Crippen LogP contribution in [0.2, 0.25) is 0 Å². The van der Waals surface area contributed by atoms with Crippen LogP contribution in [-0.4, -0.2) is 35.3 Å². The van der Waals surface area contributed by atoms with Gasteiger partial charge >= 0.3 is 0 Å². The van der Waals surface area contributed by atoms with E-state index in [1.807, 2.05) is 12.1 Å². The molecule has 0 amide bonds. The van der Waals surface area contributed by atoms with Gasteiger partial charge in [0, 0.05) is 11.6 Å². The molecule has 0 atom stereocenters. The molecule has 1 heterocycles. The van der Waals surface area contributed by atoms with Crippen LogP contribution >= 0.6 is 12.2 Å². The van der Waals surface area contributed by atoms with Gasteiger partial charge in [-0.25, -0.2) is 0 Å². The maximum Gasteiger partial charge on any atom is 0.216 e. The third-order valence-electron chi connectivity index (χ3n) is 2.24. The molecule has 0 spiro atoms. The molecule has 0 bridgehead atoms. The van der Waals surface area contributed by atoms with Crippen LogP contribution in [0.3, 0.4) is 0 Å². The molecule has 6 nitrogen and oxygen atoms in total. The van der Waals surface area contributed by atoms with Crippen molar-refractivity contribution in [1.82, 2.24) is 14.9 Å². The summed E-state index contributed by atoms with van der Waals surface area (Å²) in [5, 5.41) is 10.6. The summed E-state index contributed by atoms with van der Waals surface area (Å²) in [6, 6.07) is 5.48. The fourth-order valence-corrected chi connectivity index (χ4v) is 1.50. The average molecular weight is 264 g/mol. The molecule has 1 aromatic carbocycles. The third-order valence-corrected chi connectivity index (χ3v) is 2.52. The van der Waals surface area contributed by atoms with Gasteiger partial charge in [0.05, 0.1) is 20.4 Å². The van der Waals surface area contributed by atoms with Gasteiger partial charge in [0.2, 0.25) is 4.77 Å². The fourth-order valence-electron chi connectivity index (χ4n) is 1.36. The Morgan fingerprint density at radius 2 is 1.94 bits per heavy atom. The van der Waals surface area contributed by atoms with E-state index in [1.54, 1.807) is 26.5 Å². The maximum atomic E-state index is 5.17. The van der Waals surface area contributed by atoms with E-state index in [9.17, 15) is 0 Å². The molecule has 7 heteroatoms. The molecule has 0 aliphatic rings. The van der Waals surface area contributed by atoms with Gasteiger partial charge in [-0.15, -0.1) is 0 Å². The average Bonchev–Trinajstić information content (AvgIpc) is 2.81. The first kappa shape index (κ1) is 12.3. The third kappa shape index (κ3) is 2.75. The first-order valence-corrected chi connectivity index (χ1v) is 5.53. The molecular weight excluding hydrogens is 252 g/mol. The molecule has 2 aromatic rings. The Balaban J connectivity index is 2.31. The summed E-state index contributed by atoms with van der Waals surface area (Å²) < 4.78 is 12.2. The number of aromatic nitrogens is 3. The van der Waals surface area contributed by atoms with E-state index >= 15 is 0 Å². The molecule has 1 N–H and O–H groups in total. The Hall–Kier alpha value is -2.15. The largest absolute Gasteiger partial charge is 0.497 e. The summed E-state index contributed by atoms with van der Waals surface area (Å²) in [5.74, 6) is 1.40. The number of nitrogens with zero attached hydrogens (tertiary/aromatic N) is 3. The highest BCUT2D eigenvalue weighted by Gasteiger charge is 2.00. The minimum atomic E-state index is 0.432. The molecule has 1 aromatic heterocycles. The zero-order valence-corrected chi connectivity index (χ0v) is 10.8. The predicted octanol–water partition coefficient (Wildman–Crippen LogP) is 1.84. The molecule has 0 saturated heterocycles. The SMILES string of the molecule is COc1cc(C=Nn2cn[nH]c2=S)cc(OC)c1. The lowest BCUT2D eigenvalue weighted by molar-refractivity contribution is 0.394. The summed E-state index contributed by atoms with van der Waals surface area (Å²) >= 11 is 4.98. The van der Waals surface area contributed by atoms with E-state index in [2.05, 4.69) is 15.3 Å². The number of hydrogen-bond donors (Lipinski definition) is 1. The van der Waals surface area contributed by atoms with E-state index in [1.165, 1.54) is 11.0 Å². The van der Waals surface area contributed by atoms with E-state index in [4.69, 9.17) is 21.7 Å². The normalized spacial score (nSPS) is 10.8. The number of nitrogens with one attached hydrogen (secondary N) is 1. The fraction of sp³-hybridized carbons (Fsp3) is 0.182. The summed E-state index contributed by atoms with van der Waals surface area (Å²) in [6.45, 7) is 0. The molecule has 0 aliphatic heterocycles. The number of methoxy groups -OCH3 is 2. The molecule has 0 unspecified atom stereocenters. The Bertz CT molecular complexity index is 595. The number of rotatable bonds is 4. The van der Waals surface area contributed by atoms with Crippen LogP contribution < -0.4 is 9.47 Å². The second kappa shape index (κ2) is 5.46. The molecule has 0 aliphatic carbocycles. The zero-order valence-electron chi connectivity index (χ0n) is 9.95. The number of ether oxygens (including phenoxy) is 2. The Kier molecular flexibility index (Phi) is 3.73. The van der Waals surface area contributed by atoms with E-state index in [0.717, 1.165) is 5.56 Å². The number of hydrogen-bond acceptors (Lipinski definition) is 5. The van der Waals surface area contributed by atoms with Gasteiger partial charge in [-0.3, -0.25) is 5.10 Å². The maximum absolute atomic E-state index is 5.17. The van der Waals surface area contributed by atoms with Gasteiger partial charge in [-0.2, -0.15) is 14.9 Å². The lowest BCUT2D eigenvalue weighted by Gasteiger charge is -2.05. The second-order valence-corrected chi connectivity index (χ2v) is 3.78. The zero-order chi connectivity index (χ0) is 13.0. The topological polar surface area (TPSA) is 64.4 Å². The minimum Gasteiger partial charge on any atom is -0.497 e. The van der Waals surface area contributed by atoms with Crippen molar-refractivity contribution in [2.45, 2.75) is 0 Å². The molecule has 94 valence electrons. The molecule has 18 heavy (non-hydrogen) atoms. The monoisotopic (exact) mass is 264 g/mol. The molecular formula is C11H12N4O2S. The van der Waals surface area contributed by atoms with Crippen LogP contribution in [-0.2, 0) is 0 Å². The quantitative estimate of drug-likeness (QED) is 0.676. The van der Waals surface area contributed by atoms with Gasteiger partial charge in [0.15, 0.2) is 0 Å². The van der Waals surface area contributed by atoms with Crippen molar-refractivity contribution in [1.29, 1.82) is 0 Å². The number of aromatic amines is 1. The first-order valence-electron chi connectivity index (χ1n) is 5.12.